The fraction of sp³-hybridized carbons (Fsp3) is 0.350. The molecular formula is C20H20Cl2F3N3O. The Balaban J connectivity index is 1.96. The molecule has 0 amide bonds. The lowest BCUT2D eigenvalue weighted by molar-refractivity contribution is -0.0884. The Hall–Kier alpha value is -1.96. The first-order valence-corrected chi connectivity index (χ1v) is 9.84. The van der Waals surface area contributed by atoms with E-state index in [0.29, 0.717) is 15.6 Å². The van der Waals surface area contributed by atoms with Gasteiger partial charge in [-0.15, -0.1) is 0 Å². The highest BCUT2D eigenvalue weighted by atomic mass is 35.5. The van der Waals surface area contributed by atoms with Crippen molar-refractivity contribution in [3.8, 4) is 0 Å². The van der Waals surface area contributed by atoms with Crippen molar-refractivity contribution in [2.24, 2.45) is 0 Å². The van der Waals surface area contributed by atoms with E-state index in [1.165, 1.54) is 6.07 Å². The molecule has 0 bridgehead atoms. The predicted molar refractivity (Wildman–Crippen MR) is 110 cm³/mol. The maximum Gasteiger partial charge on any atom is 0.454 e. The molecule has 1 aliphatic rings. The van der Waals surface area contributed by atoms with Gasteiger partial charge < -0.3 is 15.5 Å². The Morgan fingerprint density at radius 3 is 2.31 bits per heavy atom. The fourth-order valence-corrected chi connectivity index (χ4v) is 3.81. The van der Waals surface area contributed by atoms with Gasteiger partial charge in [0.05, 0.1) is 5.56 Å². The topological polar surface area (TPSA) is 44.4 Å². The number of nitrogens with zero attached hydrogens (tertiary/aromatic N) is 1. The summed E-state index contributed by atoms with van der Waals surface area (Å²) in [4.78, 5) is 14.0. The minimum absolute atomic E-state index is 0.118. The first-order valence-electron chi connectivity index (χ1n) is 9.09. The summed E-state index contributed by atoms with van der Waals surface area (Å²) < 4.78 is 39.3. The number of rotatable bonds is 5. The Morgan fingerprint density at radius 1 is 1.10 bits per heavy atom. The quantitative estimate of drug-likeness (QED) is 0.611. The van der Waals surface area contributed by atoms with Crippen molar-refractivity contribution >= 4 is 40.4 Å². The summed E-state index contributed by atoms with van der Waals surface area (Å²) in [6.45, 7) is 4.78. The third-order valence-electron chi connectivity index (χ3n) is 4.74. The zero-order chi connectivity index (χ0) is 21.2. The van der Waals surface area contributed by atoms with Crippen LogP contribution in [-0.4, -0.2) is 38.1 Å². The Labute approximate surface area is 177 Å². The number of hydrogen-bond donors (Lipinski definition) is 2. The van der Waals surface area contributed by atoms with Gasteiger partial charge in [0, 0.05) is 53.6 Å². The van der Waals surface area contributed by atoms with E-state index in [1.807, 2.05) is 0 Å². The molecule has 0 radical (unpaired) electrons. The van der Waals surface area contributed by atoms with E-state index in [2.05, 4.69) is 15.5 Å². The van der Waals surface area contributed by atoms with Crippen LogP contribution in [0.1, 0.15) is 28.9 Å². The molecule has 1 fully saturated rings. The predicted octanol–water partition coefficient (Wildman–Crippen LogP) is 5.32. The number of nitrogens with one attached hydrogen (secondary N) is 2. The first-order chi connectivity index (χ1) is 13.6. The van der Waals surface area contributed by atoms with Gasteiger partial charge in [0.2, 0.25) is 0 Å². The van der Waals surface area contributed by atoms with Crippen LogP contribution in [0.2, 0.25) is 10.0 Å². The molecule has 3 rings (SSSR count). The number of ketones is 1. The normalized spacial score (nSPS) is 15.9. The molecule has 1 heterocycles. The highest BCUT2D eigenvalue weighted by molar-refractivity contribution is 6.34. The van der Waals surface area contributed by atoms with Crippen LogP contribution in [0.15, 0.2) is 36.4 Å². The molecule has 2 aromatic carbocycles. The minimum Gasteiger partial charge on any atom is -0.378 e. The Bertz CT molecular complexity index is 879. The van der Waals surface area contributed by atoms with E-state index in [9.17, 15) is 18.0 Å². The highest BCUT2D eigenvalue weighted by Gasteiger charge is 2.40. The van der Waals surface area contributed by atoms with Crippen molar-refractivity contribution in [2.75, 3.05) is 36.4 Å². The third-order valence-corrected chi connectivity index (χ3v) is 5.18. The molecule has 4 nitrogen and oxygen atoms in total. The fourth-order valence-electron chi connectivity index (χ4n) is 3.26. The van der Waals surface area contributed by atoms with E-state index >= 15 is 0 Å². The molecule has 0 saturated carbocycles. The van der Waals surface area contributed by atoms with E-state index in [4.69, 9.17) is 23.2 Å². The monoisotopic (exact) mass is 445 g/mol. The SMILES string of the molecule is CC(Nc1cc(N2CCNCC2)ccc1C(=O)C(F)(F)F)c1cc(Cl)cc(Cl)c1. The van der Waals surface area contributed by atoms with Gasteiger partial charge in [0.1, 0.15) is 0 Å². The van der Waals surface area contributed by atoms with Crippen molar-refractivity contribution in [3.63, 3.8) is 0 Å². The summed E-state index contributed by atoms with van der Waals surface area (Å²) in [5.41, 5.74) is 1.15. The van der Waals surface area contributed by atoms with E-state index < -0.39 is 23.6 Å². The number of hydrogen-bond acceptors (Lipinski definition) is 4. The summed E-state index contributed by atoms with van der Waals surface area (Å²) in [6, 6.07) is 8.87. The molecule has 0 spiro atoms. The summed E-state index contributed by atoms with van der Waals surface area (Å²) in [7, 11) is 0. The molecular weight excluding hydrogens is 426 g/mol. The molecule has 1 atom stereocenters. The lowest BCUT2D eigenvalue weighted by Crippen LogP contribution is -2.43. The third kappa shape index (κ3) is 5.35. The first kappa shape index (κ1) is 21.7. The van der Waals surface area contributed by atoms with Crippen LogP contribution >= 0.6 is 23.2 Å². The lowest BCUT2D eigenvalue weighted by atomic mass is 10.0. The maximum absolute atomic E-state index is 13.1. The average Bonchev–Trinajstić information content (AvgIpc) is 2.66. The smallest absolute Gasteiger partial charge is 0.378 e. The minimum atomic E-state index is -4.96. The van der Waals surface area contributed by atoms with Gasteiger partial charge in [0.25, 0.3) is 5.78 Å². The number of halogens is 5. The lowest BCUT2D eigenvalue weighted by Gasteiger charge is -2.30. The van der Waals surface area contributed by atoms with Crippen molar-refractivity contribution < 1.29 is 18.0 Å². The second-order valence-corrected chi connectivity index (χ2v) is 7.74. The van der Waals surface area contributed by atoms with Crippen LogP contribution < -0.4 is 15.5 Å². The summed E-state index contributed by atoms with van der Waals surface area (Å²) >= 11 is 12.1. The van der Waals surface area contributed by atoms with Crippen molar-refractivity contribution in [1.82, 2.24) is 5.32 Å². The standard InChI is InChI=1S/C20H20Cl2F3N3O/c1-12(13-8-14(21)10-15(22)9-13)27-18-11-16(28-6-4-26-5-7-28)2-3-17(18)19(29)20(23,24)25/h2-3,8-12,26-27H,4-7H2,1H3. The zero-order valence-electron chi connectivity index (χ0n) is 15.6. The number of alkyl halides is 3. The van der Waals surface area contributed by atoms with Crippen LogP contribution in [0.25, 0.3) is 0 Å². The number of benzene rings is 2. The summed E-state index contributed by atoms with van der Waals surface area (Å²) in [5, 5.41) is 7.10. The van der Waals surface area contributed by atoms with Crippen LogP contribution in [0.5, 0.6) is 0 Å². The zero-order valence-corrected chi connectivity index (χ0v) is 17.1. The van der Waals surface area contributed by atoms with Gasteiger partial charge in [-0.3, -0.25) is 4.79 Å². The second kappa shape index (κ2) is 8.81. The van der Waals surface area contributed by atoms with E-state index in [0.717, 1.165) is 31.9 Å². The van der Waals surface area contributed by atoms with Gasteiger partial charge in [-0.2, -0.15) is 13.2 Å². The summed E-state index contributed by atoms with van der Waals surface area (Å²) in [6.07, 6.45) is -4.96. The molecule has 9 heteroatoms. The molecule has 1 aliphatic heterocycles. The number of Topliss-reactive ketones (excluding diaryl/α,β-unsaturated/α-hetero) is 1. The van der Waals surface area contributed by atoms with Gasteiger partial charge in [-0.1, -0.05) is 23.2 Å². The molecule has 0 aromatic heterocycles. The molecule has 1 unspecified atom stereocenters. The highest BCUT2D eigenvalue weighted by Crippen LogP contribution is 2.33. The van der Waals surface area contributed by atoms with Crippen molar-refractivity contribution in [3.05, 3.63) is 57.6 Å². The second-order valence-electron chi connectivity index (χ2n) is 6.86. The number of carbonyl (C=O) groups is 1. The van der Waals surface area contributed by atoms with Gasteiger partial charge in [-0.05, 0) is 48.9 Å². The largest absolute Gasteiger partial charge is 0.454 e. The molecule has 2 aromatic rings. The van der Waals surface area contributed by atoms with Gasteiger partial charge in [0.15, 0.2) is 0 Å². The van der Waals surface area contributed by atoms with Gasteiger partial charge in [-0.25, -0.2) is 0 Å². The Kier molecular flexibility index (Phi) is 6.61. The molecule has 0 aliphatic carbocycles. The van der Waals surface area contributed by atoms with Crippen LogP contribution in [0.4, 0.5) is 24.5 Å². The van der Waals surface area contributed by atoms with Crippen LogP contribution in [-0.2, 0) is 0 Å². The average molecular weight is 446 g/mol. The van der Waals surface area contributed by atoms with Crippen LogP contribution in [0, 0.1) is 0 Å². The molecule has 1 saturated heterocycles. The number of piperazine rings is 1. The number of carbonyl (C=O) groups excluding carboxylic acids is 1. The number of anilines is 2. The van der Waals surface area contributed by atoms with Crippen molar-refractivity contribution in [2.45, 2.75) is 19.1 Å². The molecule has 2 N–H and O–H groups in total. The van der Waals surface area contributed by atoms with Crippen molar-refractivity contribution in [1.29, 1.82) is 0 Å². The van der Waals surface area contributed by atoms with Crippen LogP contribution in [0.3, 0.4) is 0 Å². The van der Waals surface area contributed by atoms with E-state index in [1.54, 1.807) is 37.3 Å². The molecule has 29 heavy (non-hydrogen) atoms. The van der Waals surface area contributed by atoms with E-state index in [-0.39, 0.29) is 5.69 Å². The Morgan fingerprint density at radius 2 is 1.72 bits per heavy atom. The molecule has 156 valence electrons. The summed E-state index contributed by atoms with van der Waals surface area (Å²) in [5.74, 6) is -1.89. The maximum atomic E-state index is 13.1. The van der Waals surface area contributed by atoms with Gasteiger partial charge >= 0.3 is 6.18 Å².